The van der Waals surface area contributed by atoms with E-state index in [0.717, 1.165) is 12.8 Å². The molecule has 0 fully saturated rings. The molecular formula is C16H14. The van der Waals surface area contributed by atoms with Crippen molar-refractivity contribution >= 4 is 16.3 Å². The van der Waals surface area contributed by atoms with Gasteiger partial charge in [-0.15, -0.1) is 0 Å². The fourth-order valence-electron chi connectivity index (χ4n) is 2.33. The molecule has 0 aromatic heterocycles. The average molecular weight is 206 g/mol. The second-order valence-corrected chi connectivity index (χ2v) is 4.17. The average Bonchev–Trinajstić information content (AvgIpc) is 2.39. The fourth-order valence-corrected chi connectivity index (χ4v) is 2.33. The van der Waals surface area contributed by atoms with Gasteiger partial charge in [-0.1, -0.05) is 60.7 Å². The first-order valence-corrected chi connectivity index (χ1v) is 5.77. The molecule has 0 saturated carbocycles. The van der Waals surface area contributed by atoms with Gasteiger partial charge in [0.2, 0.25) is 0 Å². The van der Waals surface area contributed by atoms with E-state index < -0.39 is 0 Å². The lowest BCUT2D eigenvalue weighted by molar-refractivity contribution is 1.25. The van der Waals surface area contributed by atoms with Gasteiger partial charge < -0.3 is 0 Å². The summed E-state index contributed by atoms with van der Waals surface area (Å²) in [4.78, 5) is 0. The SMILES string of the molecule is C1=CCC(c2cccc3ccccc23)=CC1. The molecule has 0 heteroatoms. The van der Waals surface area contributed by atoms with Gasteiger partial charge in [0, 0.05) is 0 Å². The summed E-state index contributed by atoms with van der Waals surface area (Å²) in [5, 5.41) is 2.70. The van der Waals surface area contributed by atoms with Gasteiger partial charge >= 0.3 is 0 Å². The molecule has 3 rings (SSSR count). The normalized spacial score (nSPS) is 15.1. The Morgan fingerprint density at radius 1 is 0.812 bits per heavy atom. The molecule has 0 N–H and O–H groups in total. The highest BCUT2D eigenvalue weighted by Gasteiger charge is 2.05. The molecule has 0 spiro atoms. The number of rotatable bonds is 1. The molecule has 0 heterocycles. The molecule has 0 aliphatic heterocycles. The summed E-state index contributed by atoms with van der Waals surface area (Å²) in [6.45, 7) is 0. The molecular weight excluding hydrogens is 192 g/mol. The zero-order valence-electron chi connectivity index (χ0n) is 9.19. The highest BCUT2D eigenvalue weighted by atomic mass is 14.1. The van der Waals surface area contributed by atoms with Crippen LogP contribution in [-0.2, 0) is 0 Å². The quantitative estimate of drug-likeness (QED) is 0.599. The van der Waals surface area contributed by atoms with E-state index in [-0.39, 0.29) is 0 Å². The van der Waals surface area contributed by atoms with E-state index in [1.165, 1.54) is 21.9 Å². The fraction of sp³-hybridized carbons (Fsp3) is 0.125. The van der Waals surface area contributed by atoms with E-state index in [1.54, 1.807) is 0 Å². The van der Waals surface area contributed by atoms with Gasteiger partial charge in [0.1, 0.15) is 0 Å². The van der Waals surface area contributed by atoms with E-state index >= 15 is 0 Å². The van der Waals surface area contributed by atoms with Crippen LogP contribution in [0.1, 0.15) is 18.4 Å². The van der Waals surface area contributed by atoms with Gasteiger partial charge in [0.05, 0.1) is 0 Å². The molecule has 1 aliphatic carbocycles. The van der Waals surface area contributed by atoms with Crippen molar-refractivity contribution in [3.63, 3.8) is 0 Å². The number of benzene rings is 2. The van der Waals surface area contributed by atoms with E-state index in [2.05, 4.69) is 60.7 Å². The van der Waals surface area contributed by atoms with Crippen LogP contribution in [0.3, 0.4) is 0 Å². The molecule has 2 aromatic carbocycles. The molecule has 0 bridgehead atoms. The first kappa shape index (κ1) is 9.41. The number of allylic oxidation sites excluding steroid dienone is 4. The maximum Gasteiger partial charge on any atom is -0.00942 e. The van der Waals surface area contributed by atoms with Gasteiger partial charge in [0.25, 0.3) is 0 Å². The Morgan fingerprint density at radius 3 is 2.56 bits per heavy atom. The monoisotopic (exact) mass is 206 g/mol. The largest absolute Gasteiger partial charge is 0.0844 e. The van der Waals surface area contributed by atoms with E-state index in [4.69, 9.17) is 0 Å². The highest BCUT2D eigenvalue weighted by Crippen LogP contribution is 2.29. The molecule has 0 unspecified atom stereocenters. The minimum Gasteiger partial charge on any atom is -0.0844 e. The Balaban J connectivity index is 2.20. The summed E-state index contributed by atoms with van der Waals surface area (Å²) in [5.74, 6) is 0. The lowest BCUT2D eigenvalue weighted by atomic mass is 9.93. The molecule has 1 aliphatic rings. The van der Waals surface area contributed by atoms with Crippen LogP contribution in [-0.4, -0.2) is 0 Å². The third-order valence-electron chi connectivity index (χ3n) is 3.14. The number of hydrogen-bond donors (Lipinski definition) is 0. The predicted octanol–water partition coefficient (Wildman–Crippen LogP) is 4.57. The van der Waals surface area contributed by atoms with Crippen LogP contribution in [0.5, 0.6) is 0 Å². The van der Waals surface area contributed by atoms with Crippen molar-refractivity contribution in [2.24, 2.45) is 0 Å². The van der Waals surface area contributed by atoms with E-state index in [0.29, 0.717) is 0 Å². The van der Waals surface area contributed by atoms with Crippen molar-refractivity contribution in [1.29, 1.82) is 0 Å². The van der Waals surface area contributed by atoms with Gasteiger partial charge in [-0.2, -0.15) is 0 Å². The first-order chi connectivity index (χ1) is 7.95. The van der Waals surface area contributed by atoms with Crippen molar-refractivity contribution in [3.8, 4) is 0 Å². The maximum absolute atomic E-state index is 2.34. The van der Waals surface area contributed by atoms with Gasteiger partial charge in [-0.05, 0) is 34.8 Å². The smallest absolute Gasteiger partial charge is 0.00942 e. The topological polar surface area (TPSA) is 0 Å². The predicted molar refractivity (Wildman–Crippen MR) is 70.3 cm³/mol. The van der Waals surface area contributed by atoms with Gasteiger partial charge in [-0.3, -0.25) is 0 Å². The van der Waals surface area contributed by atoms with Crippen molar-refractivity contribution < 1.29 is 0 Å². The molecule has 0 nitrogen and oxygen atoms in total. The van der Waals surface area contributed by atoms with Crippen LogP contribution >= 0.6 is 0 Å². The molecule has 16 heavy (non-hydrogen) atoms. The summed E-state index contributed by atoms with van der Waals surface area (Å²) in [6.07, 6.45) is 8.96. The van der Waals surface area contributed by atoms with Crippen molar-refractivity contribution in [1.82, 2.24) is 0 Å². The third-order valence-corrected chi connectivity index (χ3v) is 3.14. The van der Waals surface area contributed by atoms with Gasteiger partial charge in [-0.25, -0.2) is 0 Å². The molecule has 0 atom stereocenters. The van der Waals surface area contributed by atoms with Gasteiger partial charge in [0.15, 0.2) is 0 Å². The van der Waals surface area contributed by atoms with Crippen LogP contribution in [0.25, 0.3) is 16.3 Å². The van der Waals surface area contributed by atoms with Crippen LogP contribution in [0, 0.1) is 0 Å². The zero-order valence-corrected chi connectivity index (χ0v) is 9.19. The van der Waals surface area contributed by atoms with Crippen LogP contribution < -0.4 is 0 Å². The minimum absolute atomic E-state index is 1.06. The Bertz CT molecular complexity index is 568. The van der Waals surface area contributed by atoms with Crippen molar-refractivity contribution in [2.45, 2.75) is 12.8 Å². The second-order valence-electron chi connectivity index (χ2n) is 4.17. The number of fused-ring (bicyclic) bond motifs is 1. The highest BCUT2D eigenvalue weighted by molar-refractivity contribution is 5.94. The summed E-state index contributed by atoms with van der Waals surface area (Å²) in [5.41, 5.74) is 2.85. The molecule has 0 radical (unpaired) electrons. The van der Waals surface area contributed by atoms with Crippen molar-refractivity contribution in [3.05, 3.63) is 66.3 Å². The minimum atomic E-state index is 1.06. The van der Waals surface area contributed by atoms with Crippen LogP contribution in [0.4, 0.5) is 0 Å². The van der Waals surface area contributed by atoms with Crippen LogP contribution in [0.15, 0.2) is 60.7 Å². The van der Waals surface area contributed by atoms with Crippen LogP contribution in [0.2, 0.25) is 0 Å². The van der Waals surface area contributed by atoms with Crippen molar-refractivity contribution in [2.75, 3.05) is 0 Å². The number of hydrogen-bond acceptors (Lipinski definition) is 0. The molecule has 0 saturated heterocycles. The lowest BCUT2D eigenvalue weighted by Gasteiger charge is -2.11. The summed E-state index contributed by atoms with van der Waals surface area (Å²) < 4.78 is 0. The summed E-state index contributed by atoms with van der Waals surface area (Å²) >= 11 is 0. The standard InChI is InChI=1S/C16H14/c1-2-7-13(8-3-1)16-12-6-10-14-9-4-5-11-15(14)16/h1-2,4-6,8-12H,3,7H2. The Hall–Kier alpha value is -1.82. The Morgan fingerprint density at radius 2 is 1.69 bits per heavy atom. The third kappa shape index (κ3) is 1.57. The van der Waals surface area contributed by atoms with E-state index in [9.17, 15) is 0 Å². The Labute approximate surface area is 95.9 Å². The zero-order chi connectivity index (χ0) is 10.8. The second kappa shape index (κ2) is 3.97. The Kier molecular flexibility index (Phi) is 2.34. The van der Waals surface area contributed by atoms with E-state index in [1.807, 2.05) is 0 Å². The first-order valence-electron chi connectivity index (χ1n) is 5.77. The molecule has 0 amide bonds. The molecule has 2 aromatic rings. The summed E-state index contributed by atoms with van der Waals surface area (Å²) in [7, 11) is 0. The maximum atomic E-state index is 2.34. The molecule has 78 valence electrons. The lowest BCUT2D eigenvalue weighted by Crippen LogP contribution is -1.88. The summed E-state index contributed by atoms with van der Waals surface area (Å²) in [6, 6.07) is 15.2.